The van der Waals surface area contributed by atoms with Crippen LogP contribution in [-0.2, 0) is 0 Å². The van der Waals surface area contributed by atoms with Gasteiger partial charge in [-0.05, 0) is 52.9 Å². The summed E-state index contributed by atoms with van der Waals surface area (Å²) in [5.74, 6) is 1.50. The van der Waals surface area contributed by atoms with Crippen LogP contribution in [0, 0.1) is 6.92 Å². The largest absolute Gasteiger partial charge is 0.344 e. The predicted octanol–water partition coefficient (Wildman–Crippen LogP) is 10.6. The first-order chi connectivity index (χ1) is 25.2. The van der Waals surface area contributed by atoms with Crippen LogP contribution in [-0.4, -0.2) is 21.6 Å². The number of hydrogen-bond donors (Lipinski definition) is 1. The summed E-state index contributed by atoms with van der Waals surface area (Å²) in [4.78, 5) is 20.3. The van der Waals surface area contributed by atoms with Crippen LogP contribution >= 0.6 is 0 Å². The van der Waals surface area contributed by atoms with Gasteiger partial charge in [0, 0.05) is 33.2 Å². The lowest BCUT2D eigenvalue weighted by molar-refractivity contribution is 0.674. The Morgan fingerprint density at radius 2 is 1.14 bits per heavy atom. The molecule has 0 spiro atoms. The van der Waals surface area contributed by atoms with Gasteiger partial charge >= 0.3 is 0 Å². The Balaban J connectivity index is 1.10. The van der Waals surface area contributed by atoms with Crippen molar-refractivity contribution < 1.29 is 0 Å². The van der Waals surface area contributed by atoms with Crippen molar-refractivity contribution >= 4 is 33.5 Å². The maximum absolute atomic E-state index is 5.24. The SMILES string of the molecule is Cc1ccc2ccc3c(-c4ccccc4)cc(-c4ccc(-c5cccc(C6=NC(c7ccccc7)NC(c7ccccc7)=N6)c5)cc4)nc3c2n1. The summed E-state index contributed by atoms with van der Waals surface area (Å²) in [5, 5.41) is 5.72. The molecular weight excluding hydrogens is 623 g/mol. The van der Waals surface area contributed by atoms with E-state index in [4.69, 9.17) is 20.0 Å². The minimum atomic E-state index is -0.247. The predicted molar refractivity (Wildman–Crippen MR) is 210 cm³/mol. The standard InChI is InChI=1S/C46H33N5/c1-30-20-21-34-26-27-39-40(32-12-5-2-6-13-32)29-41(48-43(39)42(34)47-30)33-24-22-31(23-25-33)37-18-11-19-38(28-37)46-50-44(35-14-7-3-8-15-35)49-45(51-46)36-16-9-4-10-17-36/h2-29,44H,1H3,(H,49,50,51). The molecule has 5 nitrogen and oxygen atoms in total. The van der Waals surface area contributed by atoms with E-state index in [1.165, 1.54) is 0 Å². The molecule has 1 aliphatic rings. The van der Waals surface area contributed by atoms with Gasteiger partial charge in [0.2, 0.25) is 0 Å². The highest BCUT2D eigenvalue weighted by atomic mass is 15.2. The average Bonchev–Trinajstić information content (AvgIpc) is 3.21. The molecule has 1 unspecified atom stereocenters. The molecule has 0 aliphatic carbocycles. The number of aromatic nitrogens is 2. The average molecular weight is 656 g/mol. The van der Waals surface area contributed by atoms with Crippen molar-refractivity contribution in [3.05, 3.63) is 192 Å². The second-order valence-electron chi connectivity index (χ2n) is 12.8. The lowest BCUT2D eigenvalue weighted by Crippen LogP contribution is -2.33. The molecule has 0 bridgehead atoms. The van der Waals surface area contributed by atoms with Gasteiger partial charge in [-0.25, -0.2) is 15.0 Å². The summed E-state index contributed by atoms with van der Waals surface area (Å²) in [5.41, 5.74) is 12.3. The van der Waals surface area contributed by atoms with Crippen LogP contribution in [0.3, 0.4) is 0 Å². The quantitative estimate of drug-likeness (QED) is 0.181. The van der Waals surface area contributed by atoms with Crippen molar-refractivity contribution in [3.63, 3.8) is 0 Å². The van der Waals surface area contributed by atoms with Gasteiger partial charge in [-0.15, -0.1) is 0 Å². The molecule has 1 N–H and O–H groups in total. The fourth-order valence-electron chi connectivity index (χ4n) is 6.77. The first kappa shape index (κ1) is 30.3. The number of hydrogen-bond acceptors (Lipinski definition) is 5. The molecule has 242 valence electrons. The van der Waals surface area contributed by atoms with E-state index in [1.807, 2.05) is 43.3 Å². The normalized spacial score (nSPS) is 14.2. The van der Waals surface area contributed by atoms with Gasteiger partial charge in [-0.2, -0.15) is 0 Å². The zero-order chi connectivity index (χ0) is 34.1. The number of fused-ring (bicyclic) bond motifs is 3. The summed E-state index contributed by atoms with van der Waals surface area (Å²) in [7, 11) is 0. The summed E-state index contributed by atoms with van der Waals surface area (Å²) >= 11 is 0. The lowest BCUT2D eigenvalue weighted by Gasteiger charge is -2.23. The molecule has 51 heavy (non-hydrogen) atoms. The molecule has 0 amide bonds. The Labute approximate surface area is 296 Å². The van der Waals surface area contributed by atoms with E-state index in [-0.39, 0.29) is 6.17 Å². The zero-order valence-electron chi connectivity index (χ0n) is 28.0. The molecule has 6 aromatic carbocycles. The Morgan fingerprint density at radius 1 is 0.490 bits per heavy atom. The van der Waals surface area contributed by atoms with Crippen molar-refractivity contribution in [2.75, 3.05) is 0 Å². The lowest BCUT2D eigenvalue weighted by atomic mass is 9.96. The van der Waals surface area contributed by atoms with Crippen LogP contribution in [0.15, 0.2) is 180 Å². The van der Waals surface area contributed by atoms with Crippen LogP contribution in [0.1, 0.15) is 28.6 Å². The van der Waals surface area contributed by atoms with Crippen LogP contribution in [0.4, 0.5) is 0 Å². The van der Waals surface area contributed by atoms with Gasteiger partial charge in [-0.3, -0.25) is 4.98 Å². The summed E-state index contributed by atoms with van der Waals surface area (Å²) in [6.45, 7) is 2.03. The molecule has 2 aromatic heterocycles. The molecular formula is C46H33N5. The van der Waals surface area contributed by atoms with Crippen molar-refractivity contribution in [2.24, 2.45) is 9.98 Å². The third-order valence-corrected chi connectivity index (χ3v) is 9.40. The summed E-state index contributed by atoms with van der Waals surface area (Å²) < 4.78 is 0. The Hall–Kier alpha value is -6.72. The zero-order valence-corrected chi connectivity index (χ0v) is 28.0. The number of amidine groups is 2. The minimum absolute atomic E-state index is 0.247. The van der Waals surface area contributed by atoms with Crippen molar-refractivity contribution in [1.82, 2.24) is 15.3 Å². The molecule has 1 aliphatic heterocycles. The van der Waals surface area contributed by atoms with Gasteiger partial charge in [0.1, 0.15) is 12.0 Å². The molecule has 3 heterocycles. The van der Waals surface area contributed by atoms with E-state index in [0.29, 0.717) is 5.84 Å². The molecule has 0 radical (unpaired) electrons. The smallest absolute Gasteiger partial charge is 0.159 e. The fraction of sp³-hybridized carbons (Fsp3) is 0.0435. The van der Waals surface area contributed by atoms with Crippen LogP contribution in [0.5, 0.6) is 0 Å². The van der Waals surface area contributed by atoms with Crippen molar-refractivity contribution in [2.45, 2.75) is 13.1 Å². The maximum Gasteiger partial charge on any atom is 0.159 e. The van der Waals surface area contributed by atoms with Gasteiger partial charge in [0.05, 0.1) is 16.7 Å². The van der Waals surface area contributed by atoms with E-state index in [9.17, 15) is 0 Å². The van der Waals surface area contributed by atoms with Gasteiger partial charge in [0.15, 0.2) is 5.84 Å². The molecule has 0 fully saturated rings. The molecule has 1 atom stereocenters. The second-order valence-corrected chi connectivity index (χ2v) is 12.8. The van der Waals surface area contributed by atoms with E-state index in [0.717, 1.165) is 83.5 Å². The third kappa shape index (κ3) is 5.96. The number of pyridine rings is 2. The van der Waals surface area contributed by atoms with Gasteiger partial charge in [-0.1, -0.05) is 152 Å². The molecule has 0 saturated carbocycles. The number of nitrogens with one attached hydrogen (secondary N) is 1. The number of aryl methyl sites for hydroxylation is 1. The van der Waals surface area contributed by atoms with Gasteiger partial charge < -0.3 is 5.32 Å². The van der Waals surface area contributed by atoms with Gasteiger partial charge in [0.25, 0.3) is 0 Å². The highest BCUT2D eigenvalue weighted by molar-refractivity contribution is 6.13. The molecule has 5 heteroatoms. The number of benzene rings is 6. The Morgan fingerprint density at radius 3 is 1.90 bits per heavy atom. The van der Waals surface area contributed by atoms with E-state index < -0.39 is 0 Å². The first-order valence-electron chi connectivity index (χ1n) is 17.2. The van der Waals surface area contributed by atoms with Crippen molar-refractivity contribution in [3.8, 4) is 33.5 Å². The molecule has 9 rings (SSSR count). The Bertz CT molecular complexity index is 2590. The van der Waals surface area contributed by atoms with E-state index >= 15 is 0 Å². The van der Waals surface area contributed by atoms with Crippen LogP contribution < -0.4 is 5.32 Å². The maximum atomic E-state index is 5.24. The molecule has 8 aromatic rings. The van der Waals surface area contributed by atoms with Crippen molar-refractivity contribution in [1.29, 1.82) is 0 Å². The monoisotopic (exact) mass is 655 g/mol. The van der Waals surface area contributed by atoms with E-state index in [2.05, 4.69) is 139 Å². The fourth-order valence-corrected chi connectivity index (χ4v) is 6.77. The Kier molecular flexibility index (Phi) is 7.71. The number of aliphatic imine (C=N–C) groups is 2. The number of nitrogens with zero attached hydrogens (tertiary/aromatic N) is 4. The number of rotatable bonds is 6. The first-order valence-corrected chi connectivity index (χ1v) is 17.2. The third-order valence-electron chi connectivity index (χ3n) is 9.40. The summed E-state index contributed by atoms with van der Waals surface area (Å²) in [6, 6.07) is 58.9. The second kappa shape index (κ2) is 13.0. The highest BCUT2D eigenvalue weighted by Crippen LogP contribution is 2.36. The topological polar surface area (TPSA) is 62.5 Å². The highest BCUT2D eigenvalue weighted by Gasteiger charge is 2.21. The molecule has 0 saturated heterocycles. The van der Waals surface area contributed by atoms with E-state index in [1.54, 1.807) is 0 Å². The van der Waals surface area contributed by atoms with Crippen LogP contribution in [0.2, 0.25) is 0 Å². The summed E-state index contributed by atoms with van der Waals surface area (Å²) in [6.07, 6.45) is -0.247. The van der Waals surface area contributed by atoms with Crippen LogP contribution in [0.25, 0.3) is 55.3 Å². The minimum Gasteiger partial charge on any atom is -0.344 e.